The second-order valence-corrected chi connectivity index (χ2v) is 9.57. The van der Waals surface area contributed by atoms with Gasteiger partial charge in [0.15, 0.2) is 0 Å². The highest BCUT2D eigenvalue weighted by molar-refractivity contribution is 8.00. The highest BCUT2D eigenvalue weighted by Gasteiger charge is 2.51. The van der Waals surface area contributed by atoms with Gasteiger partial charge >= 0.3 is 10.3 Å². The van der Waals surface area contributed by atoms with Crippen LogP contribution in [0.1, 0.15) is 19.3 Å². The number of nitrogens with zero attached hydrogens (tertiary/aromatic N) is 1. The average molecular weight is 370 g/mol. The summed E-state index contributed by atoms with van der Waals surface area (Å²) in [6, 6.07) is 10.2. The van der Waals surface area contributed by atoms with Gasteiger partial charge in [-0.1, -0.05) is 18.2 Å². The monoisotopic (exact) mass is 369 g/mol. The van der Waals surface area contributed by atoms with Gasteiger partial charge in [-0.05, 0) is 43.2 Å². The van der Waals surface area contributed by atoms with Crippen molar-refractivity contribution in [2.75, 3.05) is 26.3 Å². The lowest BCUT2D eigenvalue weighted by Gasteiger charge is -2.33. The van der Waals surface area contributed by atoms with E-state index in [-0.39, 0.29) is 11.4 Å². The highest BCUT2D eigenvalue weighted by atomic mass is 32.2. The maximum absolute atomic E-state index is 12.7. The predicted molar refractivity (Wildman–Crippen MR) is 93.1 cm³/mol. The molecule has 2 saturated carbocycles. The fraction of sp³-hybridized carbons (Fsp3) is 0.647. The molecular formula is C17H23NO4S2. The molecule has 7 heteroatoms. The molecule has 0 aromatic heterocycles. The predicted octanol–water partition coefficient (Wildman–Crippen LogP) is 2.54. The summed E-state index contributed by atoms with van der Waals surface area (Å²) < 4.78 is 37.8. The first-order valence-electron chi connectivity index (χ1n) is 8.61. The van der Waals surface area contributed by atoms with E-state index in [1.54, 1.807) is 11.8 Å². The third-order valence-electron chi connectivity index (χ3n) is 5.30. The van der Waals surface area contributed by atoms with Crippen LogP contribution in [0.5, 0.6) is 0 Å². The Bertz CT molecular complexity index is 660. The van der Waals surface area contributed by atoms with Crippen molar-refractivity contribution >= 4 is 22.1 Å². The molecule has 0 amide bonds. The fourth-order valence-electron chi connectivity index (χ4n) is 4.11. The summed E-state index contributed by atoms with van der Waals surface area (Å²) in [5, 5.41) is 0.224. The van der Waals surface area contributed by atoms with Crippen molar-refractivity contribution in [1.29, 1.82) is 0 Å². The van der Waals surface area contributed by atoms with Gasteiger partial charge in [0.05, 0.1) is 19.3 Å². The van der Waals surface area contributed by atoms with Crippen molar-refractivity contribution in [3.63, 3.8) is 0 Å². The Hall–Kier alpha value is -0.600. The Labute approximate surface area is 148 Å². The molecule has 1 saturated heterocycles. The first-order valence-corrected chi connectivity index (χ1v) is 10.9. The lowest BCUT2D eigenvalue weighted by atomic mass is 9.97. The number of hydrogen-bond donors (Lipinski definition) is 0. The molecule has 1 aliphatic heterocycles. The van der Waals surface area contributed by atoms with E-state index in [1.807, 2.05) is 18.2 Å². The molecular weight excluding hydrogens is 346 g/mol. The lowest BCUT2D eigenvalue weighted by Crippen LogP contribution is -2.45. The van der Waals surface area contributed by atoms with Gasteiger partial charge in [-0.3, -0.25) is 4.18 Å². The Morgan fingerprint density at radius 3 is 2.54 bits per heavy atom. The molecule has 132 valence electrons. The summed E-state index contributed by atoms with van der Waals surface area (Å²) in [6.45, 7) is 1.67. The molecule has 0 N–H and O–H groups in total. The number of morpholine rings is 1. The zero-order valence-electron chi connectivity index (χ0n) is 13.5. The Morgan fingerprint density at radius 1 is 1.08 bits per heavy atom. The van der Waals surface area contributed by atoms with Gasteiger partial charge in [-0.15, -0.1) is 11.8 Å². The van der Waals surface area contributed by atoms with Gasteiger partial charge in [0.2, 0.25) is 0 Å². The maximum Gasteiger partial charge on any atom is 0.338 e. The topological polar surface area (TPSA) is 55.8 Å². The molecule has 1 aromatic carbocycles. The molecule has 3 fully saturated rings. The fourth-order valence-corrected chi connectivity index (χ4v) is 6.94. The summed E-state index contributed by atoms with van der Waals surface area (Å²) in [7, 11) is -3.67. The Morgan fingerprint density at radius 2 is 1.79 bits per heavy atom. The number of fused-ring (bicyclic) bond motifs is 2. The molecule has 2 bridgehead atoms. The lowest BCUT2D eigenvalue weighted by molar-refractivity contribution is 0.0590. The van der Waals surface area contributed by atoms with Crippen LogP contribution in [0, 0.1) is 11.8 Å². The van der Waals surface area contributed by atoms with E-state index in [0.29, 0.717) is 38.1 Å². The number of rotatable bonds is 5. The maximum atomic E-state index is 12.7. The van der Waals surface area contributed by atoms with Gasteiger partial charge in [-0.25, -0.2) is 0 Å². The smallest absolute Gasteiger partial charge is 0.338 e. The van der Waals surface area contributed by atoms with Crippen LogP contribution in [0.25, 0.3) is 0 Å². The molecule has 5 nitrogen and oxygen atoms in total. The molecule has 0 radical (unpaired) electrons. The van der Waals surface area contributed by atoms with Crippen LogP contribution in [0.15, 0.2) is 35.2 Å². The highest BCUT2D eigenvalue weighted by Crippen LogP contribution is 2.52. The summed E-state index contributed by atoms with van der Waals surface area (Å²) in [4.78, 5) is 1.19. The van der Waals surface area contributed by atoms with Crippen molar-refractivity contribution in [3.8, 4) is 0 Å². The average Bonchev–Trinajstić information content (AvgIpc) is 3.19. The van der Waals surface area contributed by atoms with Gasteiger partial charge < -0.3 is 4.74 Å². The quantitative estimate of drug-likeness (QED) is 0.798. The van der Waals surface area contributed by atoms with Crippen LogP contribution in [0.3, 0.4) is 0 Å². The van der Waals surface area contributed by atoms with Crippen molar-refractivity contribution in [3.05, 3.63) is 30.3 Å². The third kappa shape index (κ3) is 3.37. The van der Waals surface area contributed by atoms with E-state index < -0.39 is 10.3 Å². The first-order chi connectivity index (χ1) is 11.6. The van der Waals surface area contributed by atoms with Crippen LogP contribution < -0.4 is 0 Å². The second kappa shape index (κ2) is 6.96. The third-order valence-corrected chi connectivity index (χ3v) is 8.23. The largest absolute Gasteiger partial charge is 0.379 e. The van der Waals surface area contributed by atoms with Crippen LogP contribution in [-0.4, -0.2) is 50.4 Å². The number of thioether (sulfide) groups is 1. The van der Waals surface area contributed by atoms with Crippen molar-refractivity contribution in [2.24, 2.45) is 11.8 Å². The van der Waals surface area contributed by atoms with E-state index in [9.17, 15) is 8.42 Å². The minimum absolute atomic E-state index is 0.207. The molecule has 0 spiro atoms. The van der Waals surface area contributed by atoms with E-state index in [0.717, 1.165) is 12.8 Å². The first kappa shape index (κ1) is 16.8. The number of ether oxygens (including phenoxy) is 1. The van der Waals surface area contributed by atoms with Gasteiger partial charge in [0.1, 0.15) is 0 Å². The number of benzene rings is 1. The van der Waals surface area contributed by atoms with Crippen molar-refractivity contribution < 1.29 is 17.3 Å². The minimum atomic E-state index is -3.67. The Kier molecular flexibility index (Phi) is 4.88. The second-order valence-electron chi connectivity index (χ2n) is 6.76. The normalized spacial score (nSPS) is 33.8. The van der Waals surface area contributed by atoms with Gasteiger partial charge in [-0.2, -0.15) is 12.7 Å². The van der Waals surface area contributed by atoms with Gasteiger partial charge in [0, 0.05) is 23.2 Å². The van der Waals surface area contributed by atoms with Crippen LogP contribution in [0.4, 0.5) is 0 Å². The summed E-state index contributed by atoms with van der Waals surface area (Å²) in [5.74, 6) is 0.928. The summed E-state index contributed by atoms with van der Waals surface area (Å²) in [5.41, 5.74) is 0. The zero-order valence-corrected chi connectivity index (χ0v) is 15.2. The van der Waals surface area contributed by atoms with E-state index in [4.69, 9.17) is 8.92 Å². The van der Waals surface area contributed by atoms with Crippen LogP contribution >= 0.6 is 11.8 Å². The van der Waals surface area contributed by atoms with E-state index in [1.165, 1.54) is 15.6 Å². The standard InChI is InChI=1S/C17H23NO4S2/c19-24(20,18-8-10-21-11-9-18)22-16-13-6-7-14(12-13)17(16)23-15-4-2-1-3-5-15/h1-5,13-14,16-17H,6-12H2/t13-,14+,16-,17-/m1/s1. The number of hydrogen-bond acceptors (Lipinski definition) is 5. The minimum Gasteiger partial charge on any atom is -0.379 e. The molecule has 4 rings (SSSR count). The molecule has 2 aliphatic carbocycles. The SMILES string of the molecule is O=S(=O)(O[C@@H]1[C@@H]2CC[C@@H](C2)[C@H]1Sc1ccccc1)N1CCOCC1. The van der Waals surface area contributed by atoms with Crippen LogP contribution in [0.2, 0.25) is 0 Å². The van der Waals surface area contributed by atoms with E-state index >= 15 is 0 Å². The summed E-state index contributed by atoms with van der Waals surface area (Å²) >= 11 is 1.78. The molecule has 1 aromatic rings. The molecule has 0 unspecified atom stereocenters. The Balaban J connectivity index is 1.49. The molecule has 4 atom stereocenters. The van der Waals surface area contributed by atoms with Crippen molar-refractivity contribution in [1.82, 2.24) is 4.31 Å². The van der Waals surface area contributed by atoms with Crippen molar-refractivity contribution in [2.45, 2.75) is 35.5 Å². The van der Waals surface area contributed by atoms with Crippen LogP contribution in [-0.2, 0) is 19.2 Å². The molecule has 3 aliphatic rings. The molecule has 24 heavy (non-hydrogen) atoms. The van der Waals surface area contributed by atoms with E-state index in [2.05, 4.69) is 12.1 Å². The summed E-state index contributed by atoms with van der Waals surface area (Å²) in [6.07, 6.45) is 3.15. The molecule has 1 heterocycles. The zero-order chi connectivity index (χ0) is 16.6. The van der Waals surface area contributed by atoms with Gasteiger partial charge in [0.25, 0.3) is 0 Å².